The average molecular weight is 403 g/mol. The number of phenols is 1. The first-order valence-corrected chi connectivity index (χ1v) is 12.4. The van der Waals surface area contributed by atoms with Gasteiger partial charge in [-0.05, 0) is 23.7 Å². The van der Waals surface area contributed by atoms with Crippen LogP contribution in [0.5, 0.6) is 17.2 Å². The van der Waals surface area contributed by atoms with Crippen LogP contribution < -0.4 is 9.47 Å². The van der Waals surface area contributed by atoms with Crippen LogP contribution in [0.2, 0.25) is 18.1 Å². The van der Waals surface area contributed by atoms with Crippen molar-refractivity contribution in [1.82, 2.24) is 0 Å². The fourth-order valence-electron chi connectivity index (χ4n) is 2.83. The second-order valence-corrected chi connectivity index (χ2v) is 13.4. The summed E-state index contributed by atoms with van der Waals surface area (Å²) in [5.74, 6) is 0.138. The van der Waals surface area contributed by atoms with Crippen molar-refractivity contribution in [2.45, 2.75) is 51.3 Å². The molecule has 0 aliphatic carbocycles. The molecule has 1 saturated heterocycles. The predicted molar refractivity (Wildman–Crippen MR) is 111 cm³/mol. The second kappa shape index (κ2) is 7.42. The number of hydrogen-bond donors (Lipinski definition) is 1. The number of aromatic hydroxyl groups is 1. The van der Waals surface area contributed by atoms with Crippen molar-refractivity contribution in [2.24, 2.45) is 0 Å². The number of ether oxygens (including phenoxy) is 3. The van der Waals surface area contributed by atoms with Crippen LogP contribution in [-0.2, 0) is 21.6 Å². The zero-order chi connectivity index (χ0) is 20.6. The van der Waals surface area contributed by atoms with Crippen LogP contribution in [0.1, 0.15) is 31.9 Å². The van der Waals surface area contributed by atoms with Gasteiger partial charge in [0.05, 0.1) is 12.7 Å². The van der Waals surface area contributed by atoms with Gasteiger partial charge in [-0.15, -0.1) is 0 Å². The number of methoxy groups -OCH3 is 1. The maximum Gasteiger partial charge on any atom is 0.217 e. The first kappa shape index (κ1) is 20.7. The van der Waals surface area contributed by atoms with Crippen LogP contribution in [0.4, 0.5) is 0 Å². The molecule has 0 radical (unpaired) electrons. The molecule has 0 bridgehead atoms. The van der Waals surface area contributed by atoms with E-state index in [0.717, 1.165) is 5.56 Å². The van der Waals surface area contributed by atoms with Crippen molar-refractivity contribution in [3.8, 4) is 17.2 Å². The van der Waals surface area contributed by atoms with Crippen LogP contribution in [-0.4, -0.2) is 27.1 Å². The summed E-state index contributed by atoms with van der Waals surface area (Å²) in [5.41, 5.74) is 1.58. The molecule has 1 fully saturated rings. The number of phenolic OH excluding ortho intramolecular Hbond substituents is 1. The summed E-state index contributed by atoms with van der Waals surface area (Å²) in [6.45, 7) is 11.7. The molecule has 1 heterocycles. The Morgan fingerprint density at radius 3 is 2.32 bits per heavy atom. The number of rotatable bonds is 7. The molecule has 1 aliphatic heterocycles. The normalized spacial score (nSPS) is 19.4. The molecule has 28 heavy (non-hydrogen) atoms. The summed E-state index contributed by atoms with van der Waals surface area (Å²) in [5, 5.41) is 10.8. The van der Waals surface area contributed by atoms with Crippen molar-refractivity contribution in [3.63, 3.8) is 0 Å². The zero-order valence-corrected chi connectivity index (χ0v) is 18.5. The lowest BCUT2D eigenvalue weighted by atomic mass is 10.1. The molecule has 2 aromatic rings. The summed E-state index contributed by atoms with van der Waals surface area (Å²) in [4.78, 5) is 0. The minimum absolute atomic E-state index is 0.0214. The number of hydrogen-bond acceptors (Lipinski definition) is 5. The van der Waals surface area contributed by atoms with E-state index in [1.165, 1.54) is 0 Å². The van der Waals surface area contributed by atoms with Crippen LogP contribution in [0, 0.1) is 0 Å². The number of benzene rings is 2. The lowest BCUT2D eigenvalue weighted by molar-refractivity contribution is 0.0406. The largest absolute Gasteiger partial charge is 0.507 e. The topological polar surface area (TPSA) is 60.5 Å². The molecule has 0 aromatic heterocycles. The van der Waals surface area contributed by atoms with Gasteiger partial charge in [0, 0.05) is 12.1 Å². The van der Waals surface area contributed by atoms with E-state index in [-0.39, 0.29) is 10.8 Å². The van der Waals surface area contributed by atoms with Gasteiger partial charge in [-0.1, -0.05) is 51.1 Å². The highest BCUT2D eigenvalue weighted by molar-refractivity contribution is 6.74. The minimum atomic E-state index is -2.12. The van der Waals surface area contributed by atoms with Gasteiger partial charge in [0.2, 0.25) is 5.79 Å². The monoisotopic (exact) mass is 402 g/mol. The lowest BCUT2D eigenvalue weighted by Crippen LogP contribution is -2.44. The molecule has 0 saturated carbocycles. The Morgan fingerprint density at radius 1 is 1.14 bits per heavy atom. The van der Waals surface area contributed by atoms with E-state index in [1.54, 1.807) is 19.2 Å². The molecule has 3 rings (SSSR count). The fourth-order valence-corrected chi connectivity index (χ4v) is 4.18. The first-order valence-electron chi connectivity index (χ1n) is 9.50. The fraction of sp³-hybridized carbons (Fsp3) is 0.455. The molecule has 1 atom stereocenters. The Balaban J connectivity index is 1.86. The molecule has 1 aliphatic rings. The van der Waals surface area contributed by atoms with Gasteiger partial charge in [0.25, 0.3) is 0 Å². The third kappa shape index (κ3) is 4.19. The minimum Gasteiger partial charge on any atom is -0.507 e. The molecule has 1 N–H and O–H groups in total. The zero-order valence-electron chi connectivity index (χ0n) is 17.5. The Bertz CT molecular complexity index is 823. The molecule has 152 valence electrons. The highest BCUT2D eigenvalue weighted by Gasteiger charge is 2.57. The second-order valence-electron chi connectivity index (χ2n) is 8.70. The molecule has 0 spiro atoms. The lowest BCUT2D eigenvalue weighted by Gasteiger charge is -2.38. The standard InChI is InChI=1S/C22H30O5Si/c1-21(2,3)28(5,6)27-22(15-26-22)20-18(23)12-17(13-19(20)24-4)25-14-16-10-8-7-9-11-16/h7-13,23H,14-15H2,1-6H3. The average Bonchev–Trinajstić information content (AvgIpc) is 3.38. The predicted octanol–water partition coefficient (Wildman–Crippen LogP) is 5.18. The summed E-state index contributed by atoms with van der Waals surface area (Å²) in [6, 6.07) is 13.2. The first-order chi connectivity index (χ1) is 13.1. The van der Waals surface area contributed by atoms with E-state index in [2.05, 4.69) is 33.9 Å². The van der Waals surface area contributed by atoms with E-state index >= 15 is 0 Å². The third-order valence-corrected chi connectivity index (χ3v) is 9.99. The Hall–Kier alpha value is -2.02. The molecular formula is C22H30O5Si. The van der Waals surface area contributed by atoms with Gasteiger partial charge in [-0.25, -0.2) is 0 Å². The molecule has 5 nitrogen and oxygen atoms in total. The van der Waals surface area contributed by atoms with Gasteiger partial charge in [0.1, 0.15) is 30.5 Å². The molecule has 0 amide bonds. The van der Waals surface area contributed by atoms with Gasteiger partial charge in [-0.3, -0.25) is 0 Å². The maximum atomic E-state index is 10.8. The summed E-state index contributed by atoms with van der Waals surface area (Å²) >= 11 is 0. The van der Waals surface area contributed by atoms with Crippen LogP contribution in [0.3, 0.4) is 0 Å². The summed E-state index contributed by atoms with van der Waals surface area (Å²) in [7, 11) is -0.544. The molecular weight excluding hydrogens is 372 g/mol. The smallest absolute Gasteiger partial charge is 0.217 e. The van der Waals surface area contributed by atoms with Crippen molar-refractivity contribution >= 4 is 8.32 Å². The van der Waals surface area contributed by atoms with Crippen molar-refractivity contribution in [3.05, 3.63) is 53.6 Å². The highest BCUT2D eigenvalue weighted by atomic mass is 28.4. The van der Waals surface area contributed by atoms with E-state index in [1.807, 2.05) is 30.3 Å². The SMILES string of the molecule is COc1cc(OCc2ccccc2)cc(O)c1C1(O[Si](C)(C)C(C)(C)C)CO1. The van der Waals surface area contributed by atoms with Crippen LogP contribution in [0.15, 0.2) is 42.5 Å². The van der Waals surface area contributed by atoms with Crippen molar-refractivity contribution in [1.29, 1.82) is 0 Å². The van der Waals surface area contributed by atoms with Gasteiger partial charge < -0.3 is 23.7 Å². The molecule has 2 aromatic carbocycles. The molecule has 1 unspecified atom stereocenters. The van der Waals surface area contributed by atoms with E-state index in [9.17, 15) is 5.11 Å². The summed E-state index contributed by atoms with van der Waals surface area (Å²) in [6.07, 6.45) is 0. The third-order valence-electron chi connectivity index (χ3n) is 5.54. The van der Waals surface area contributed by atoms with Gasteiger partial charge in [-0.2, -0.15) is 0 Å². The van der Waals surface area contributed by atoms with E-state index in [0.29, 0.717) is 30.3 Å². The summed E-state index contributed by atoms with van der Waals surface area (Å²) < 4.78 is 23.7. The Morgan fingerprint density at radius 2 is 1.79 bits per heavy atom. The quantitative estimate of drug-likeness (QED) is 0.510. The number of epoxide rings is 1. The highest BCUT2D eigenvalue weighted by Crippen LogP contribution is 2.53. The Labute approximate surface area is 168 Å². The van der Waals surface area contributed by atoms with Gasteiger partial charge >= 0.3 is 0 Å². The van der Waals surface area contributed by atoms with Crippen LogP contribution >= 0.6 is 0 Å². The maximum absolute atomic E-state index is 10.8. The van der Waals surface area contributed by atoms with Crippen molar-refractivity contribution in [2.75, 3.05) is 13.7 Å². The Kier molecular flexibility index (Phi) is 5.49. The van der Waals surface area contributed by atoms with Gasteiger partial charge in [0.15, 0.2) is 8.32 Å². The molecule has 6 heteroatoms. The van der Waals surface area contributed by atoms with Crippen molar-refractivity contribution < 1.29 is 23.7 Å². The van der Waals surface area contributed by atoms with E-state index < -0.39 is 14.1 Å². The van der Waals surface area contributed by atoms with Crippen LogP contribution in [0.25, 0.3) is 0 Å². The van der Waals surface area contributed by atoms with E-state index in [4.69, 9.17) is 18.6 Å².